The highest BCUT2D eigenvalue weighted by molar-refractivity contribution is 6.35. The molecular formula is C27H27Cl2FN2O2. The lowest BCUT2D eigenvalue weighted by Crippen LogP contribution is -2.51. The second-order valence-corrected chi connectivity index (χ2v) is 8.87. The van der Waals surface area contributed by atoms with Gasteiger partial charge in [0.1, 0.15) is 11.9 Å². The molecule has 1 N–H and O–H groups in total. The van der Waals surface area contributed by atoms with Gasteiger partial charge in [-0.05, 0) is 35.7 Å². The molecule has 0 spiro atoms. The fourth-order valence-corrected chi connectivity index (χ4v) is 4.13. The number of nitrogens with zero attached hydrogens (tertiary/aromatic N) is 1. The van der Waals surface area contributed by atoms with Crippen molar-refractivity contribution in [3.63, 3.8) is 0 Å². The van der Waals surface area contributed by atoms with Crippen LogP contribution in [0.5, 0.6) is 0 Å². The van der Waals surface area contributed by atoms with Crippen molar-refractivity contribution in [2.45, 2.75) is 38.8 Å². The molecule has 1 atom stereocenters. The minimum atomic E-state index is -0.827. The Balaban J connectivity index is 1.98. The summed E-state index contributed by atoms with van der Waals surface area (Å²) in [6, 6.07) is 19.8. The quantitative estimate of drug-likeness (QED) is 0.380. The molecule has 3 rings (SSSR count). The molecule has 34 heavy (non-hydrogen) atoms. The van der Waals surface area contributed by atoms with Crippen molar-refractivity contribution < 1.29 is 14.0 Å². The van der Waals surface area contributed by atoms with Crippen molar-refractivity contribution >= 4 is 35.0 Å². The molecule has 3 aromatic rings. The maximum absolute atomic E-state index is 14.6. The van der Waals surface area contributed by atoms with Gasteiger partial charge in [-0.15, -0.1) is 0 Å². The molecule has 0 radical (unpaired) electrons. The number of halogens is 3. The highest BCUT2D eigenvalue weighted by Gasteiger charge is 2.31. The molecule has 0 fully saturated rings. The lowest BCUT2D eigenvalue weighted by atomic mass is 10.0. The lowest BCUT2D eigenvalue weighted by Gasteiger charge is -2.32. The Bertz CT molecular complexity index is 1120. The average molecular weight is 501 g/mol. The number of hydrogen-bond donors (Lipinski definition) is 1. The largest absolute Gasteiger partial charge is 0.354 e. The fourth-order valence-electron chi connectivity index (χ4n) is 3.66. The van der Waals surface area contributed by atoms with Gasteiger partial charge < -0.3 is 10.2 Å². The summed E-state index contributed by atoms with van der Waals surface area (Å²) >= 11 is 12.3. The zero-order chi connectivity index (χ0) is 24.5. The summed E-state index contributed by atoms with van der Waals surface area (Å²) in [5, 5.41) is 3.73. The van der Waals surface area contributed by atoms with Gasteiger partial charge in [0.25, 0.3) is 0 Å². The first-order valence-electron chi connectivity index (χ1n) is 11.2. The van der Waals surface area contributed by atoms with Gasteiger partial charge in [-0.25, -0.2) is 4.39 Å². The van der Waals surface area contributed by atoms with Crippen molar-refractivity contribution in [2.75, 3.05) is 6.54 Å². The van der Waals surface area contributed by atoms with Crippen molar-refractivity contribution in [2.24, 2.45) is 0 Å². The molecule has 0 aromatic heterocycles. The number of carbonyl (C=O) groups is 2. The molecule has 0 aliphatic carbocycles. The standard InChI is InChI=1S/C27H27Cl2FN2O2/c1-2-14-31-27(34)25(15-19-8-4-3-5-9-19)32(18-21-10-6-7-11-24(21)30)26(33)16-20-12-13-22(28)17-23(20)29/h3-13,17,25H,2,14-16,18H2,1H3,(H,31,34)/t25-/m0/s1. The van der Waals surface area contributed by atoms with E-state index in [-0.39, 0.29) is 24.8 Å². The summed E-state index contributed by atoms with van der Waals surface area (Å²) in [7, 11) is 0. The third kappa shape index (κ3) is 7.05. The normalized spacial score (nSPS) is 11.6. The van der Waals surface area contributed by atoms with Gasteiger partial charge in [0.2, 0.25) is 11.8 Å². The monoisotopic (exact) mass is 500 g/mol. The summed E-state index contributed by atoms with van der Waals surface area (Å²) in [5.41, 5.74) is 1.82. The van der Waals surface area contributed by atoms with E-state index in [0.717, 1.165) is 12.0 Å². The van der Waals surface area contributed by atoms with Crippen molar-refractivity contribution in [3.05, 3.63) is 105 Å². The Morgan fingerprint density at radius 2 is 1.68 bits per heavy atom. The molecule has 0 saturated carbocycles. The molecule has 2 amide bonds. The van der Waals surface area contributed by atoms with Gasteiger partial charge in [0, 0.05) is 35.1 Å². The van der Waals surface area contributed by atoms with Crippen molar-refractivity contribution in [1.82, 2.24) is 10.2 Å². The van der Waals surface area contributed by atoms with Gasteiger partial charge in [-0.3, -0.25) is 9.59 Å². The Morgan fingerprint density at radius 3 is 2.35 bits per heavy atom. The van der Waals surface area contributed by atoms with E-state index in [4.69, 9.17) is 23.2 Å². The summed E-state index contributed by atoms with van der Waals surface area (Å²) in [4.78, 5) is 28.3. The number of benzene rings is 3. The van der Waals surface area contributed by atoms with E-state index < -0.39 is 11.9 Å². The van der Waals surface area contributed by atoms with Crippen LogP contribution in [0.2, 0.25) is 10.0 Å². The SMILES string of the molecule is CCCNC(=O)[C@H](Cc1ccccc1)N(Cc1ccccc1F)C(=O)Cc1ccc(Cl)cc1Cl. The first kappa shape index (κ1) is 25.7. The predicted octanol–water partition coefficient (Wildman–Crippen LogP) is 5.84. The molecule has 3 aromatic carbocycles. The number of amides is 2. The van der Waals surface area contributed by atoms with Crippen LogP contribution in [-0.4, -0.2) is 29.3 Å². The highest BCUT2D eigenvalue weighted by Crippen LogP contribution is 2.24. The maximum Gasteiger partial charge on any atom is 0.243 e. The smallest absolute Gasteiger partial charge is 0.243 e. The van der Waals surface area contributed by atoms with Crippen LogP contribution in [-0.2, 0) is 29.0 Å². The molecule has 4 nitrogen and oxygen atoms in total. The first-order chi connectivity index (χ1) is 16.4. The lowest BCUT2D eigenvalue weighted by molar-refractivity contribution is -0.140. The van der Waals surface area contributed by atoms with Crippen molar-refractivity contribution in [3.8, 4) is 0 Å². The second-order valence-electron chi connectivity index (χ2n) is 8.02. The predicted molar refractivity (Wildman–Crippen MR) is 134 cm³/mol. The van der Waals surface area contributed by atoms with Gasteiger partial charge in [-0.1, -0.05) is 84.7 Å². The van der Waals surface area contributed by atoms with E-state index in [9.17, 15) is 14.0 Å². The molecule has 0 saturated heterocycles. The molecular weight excluding hydrogens is 474 g/mol. The summed E-state index contributed by atoms with van der Waals surface area (Å²) in [5.74, 6) is -1.05. The minimum absolute atomic E-state index is 0.0448. The third-order valence-electron chi connectivity index (χ3n) is 5.48. The molecule has 0 bridgehead atoms. The van der Waals surface area contributed by atoms with E-state index >= 15 is 0 Å². The fraction of sp³-hybridized carbons (Fsp3) is 0.259. The van der Waals surface area contributed by atoms with Gasteiger partial charge in [0.05, 0.1) is 6.42 Å². The number of hydrogen-bond acceptors (Lipinski definition) is 2. The highest BCUT2D eigenvalue weighted by atomic mass is 35.5. The van der Waals surface area contributed by atoms with E-state index in [1.54, 1.807) is 36.4 Å². The van der Waals surface area contributed by atoms with E-state index in [1.165, 1.54) is 11.0 Å². The van der Waals surface area contributed by atoms with Gasteiger partial charge in [-0.2, -0.15) is 0 Å². The van der Waals surface area contributed by atoms with Crippen molar-refractivity contribution in [1.29, 1.82) is 0 Å². The van der Waals surface area contributed by atoms with Crippen LogP contribution in [0.25, 0.3) is 0 Å². The van der Waals surface area contributed by atoms with Crippen LogP contribution in [0.3, 0.4) is 0 Å². The zero-order valence-corrected chi connectivity index (χ0v) is 20.5. The number of carbonyl (C=O) groups excluding carboxylic acids is 2. The van der Waals surface area contributed by atoms with Gasteiger partial charge >= 0.3 is 0 Å². The summed E-state index contributed by atoms with van der Waals surface area (Å²) in [6.45, 7) is 2.39. The third-order valence-corrected chi connectivity index (χ3v) is 6.06. The minimum Gasteiger partial charge on any atom is -0.354 e. The summed E-state index contributed by atoms with van der Waals surface area (Å²) < 4.78 is 14.6. The number of nitrogens with one attached hydrogen (secondary N) is 1. The molecule has 0 aliphatic heterocycles. The van der Waals surface area contributed by atoms with Crippen LogP contribution in [0.1, 0.15) is 30.0 Å². The zero-order valence-electron chi connectivity index (χ0n) is 18.9. The topological polar surface area (TPSA) is 49.4 Å². The van der Waals surface area contributed by atoms with Crippen LogP contribution in [0, 0.1) is 5.82 Å². The Kier molecular flexibility index (Phi) is 9.49. The van der Waals surface area contributed by atoms with E-state index in [2.05, 4.69) is 5.32 Å². The first-order valence-corrected chi connectivity index (χ1v) is 11.9. The van der Waals surface area contributed by atoms with Crippen LogP contribution in [0.4, 0.5) is 4.39 Å². The number of rotatable bonds is 10. The molecule has 7 heteroatoms. The Hall–Kier alpha value is -2.89. The Labute approximate surface area is 209 Å². The average Bonchev–Trinajstić information content (AvgIpc) is 2.83. The van der Waals surface area contributed by atoms with E-state index in [1.807, 2.05) is 37.3 Å². The van der Waals surface area contributed by atoms with E-state index in [0.29, 0.717) is 34.1 Å². The second kappa shape index (κ2) is 12.5. The maximum atomic E-state index is 14.6. The van der Waals surface area contributed by atoms with Gasteiger partial charge in [0.15, 0.2) is 0 Å². The van der Waals surface area contributed by atoms with Crippen LogP contribution in [0.15, 0.2) is 72.8 Å². The summed E-state index contributed by atoms with van der Waals surface area (Å²) in [6.07, 6.45) is 1.01. The van der Waals surface area contributed by atoms with Crippen LogP contribution >= 0.6 is 23.2 Å². The molecule has 0 unspecified atom stereocenters. The molecule has 0 heterocycles. The van der Waals surface area contributed by atoms with Crippen LogP contribution < -0.4 is 5.32 Å². The Morgan fingerprint density at radius 1 is 0.971 bits per heavy atom. The molecule has 0 aliphatic rings. The molecule has 178 valence electrons.